The molecule has 2 aliphatic heterocycles. The zero-order valence-corrected chi connectivity index (χ0v) is 19.6. The number of rotatable bonds is 7. The number of fused-ring (bicyclic) bond motifs is 1. The van der Waals surface area contributed by atoms with Gasteiger partial charge in [0.2, 0.25) is 17.8 Å². The number of carbonyl (C=O) groups is 1. The summed E-state index contributed by atoms with van der Waals surface area (Å²) in [5.41, 5.74) is 0.396. The van der Waals surface area contributed by atoms with Crippen LogP contribution >= 0.6 is 0 Å². The minimum atomic E-state index is -4.47. The van der Waals surface area contributed by atoms with E-state index < -0.39 is 11.7 Å². The zero-order chi connectivity index (χ0) is 23.7. The SMILES string of the molecule is CC.CO[n+]1cc(C(F)(F)F)cc2c1CCN(C(=O)[C@H](C)CCCNC1CCOCC1)C2. The molecule has 32 heavy (non-hydrogen) atoms. The van der Waals surface area contributed by atoms with Crippen LogP contribution in [-0.2, 0) is 28.7 Å². The highest BCUT2D eigenvalue weighted by Crippen LogP contribution is 2.30. The number of halogens is 3. The number of hydrogen-bond acceptors (Lipinski definition) is 4. The van der Waals surface area contributed by atoms with Crippen LogP contribution in [0.4, 0.5) is 13.2 Å². The first-order valence-electron chi connectivity index (χ1n) is 11.6. The van der Waals surface area contributed by atoms with Gasteiger partial charge in [-0.2, -0.15) is 13.2 Å². The second kappa shape index (κ2) is 12.4. The van der Waals surface area contributed by atoms with Crippen LogP contribution in [0.2, 0.25) is 0 Å². The molecule has 0 spiro atoms. The van der Waals surface area contributed by atoms with Crippen molar-refractivity contribution in [2.75, 3.05) is 33.4 Å². The first-order chi connectivity index (χ1) is 15.3. The molecule has 0 aromatic carbocycles. The van der Waals surface area contributed by atoms with Gasteiger partial charge in [-0.15, -0.1) is 0 Å². The number of amides is 1. The summed E-state index contributed by atoms with van der Waals surface area (Å²) in [6, 6.07) is 1.62. The molecule has 0 unspecified atom stereocenters. The normalized spacial score (nSPS) is 17.8. The number of nitrogens with zero attached hydrogens (tertiary/aromatic N) is 2. The molecule has 1 atom stereocenters. The summed E-state index contributed by atoms with van der Waals surface area (Å²) in [6.07, 6.45) is 0.629. The molecular formula is C23H37F3N3O3+. The second-order valence-corrected chi connectivity index (χ2v) is 8.10. The lowest BCUT2D eigenvalue weighted by Crippen LogP contribution is -2.50. The van der Waals surface area contributed by atoms with Gasteiger partial charge in [0, 0.05) is 42.0 Å². The van der Waals surface area contributed by atoms with Crippen LogP contribution < -0.4 is 14.9 Å². The predicted molar refractivity (Wildman–Crippen MR) is 115 cm³/mol. The number of pyridine rings is 1. The molecule has 0 radical (unpaired) electrons. The molecule has 1 aromatic rings. The summed E-state index contributed by atoms with van der Waals surface area (Å²) < 4.78 is 46.1. The minimum Gasteiger partial charge on any atom is -0.381 e. The van der Waals surface area contributed by atoms with Gasteiger partial charge in [0.05, 0.1) is 13.0 Å². The molecule has 6 nitrogen and oxygen atoms in total. The third-order valence-electron chi connectivity index (χ3n) is 5.93. The van der Waals surface area contributed by atoms with E-state index in [9.17, 15) is 18.0 Å². The number of alkyl halides is 3. The summed E-state index contributed by atoms with van der Waals surface area (Å²) in [7, 11) is 1.34. The zero-order valence-electron chi connectivity index (χ0n) is 19.6. The molecule has 2 aliphatic rings. The van der Waals surface area contributed by atoms with E-state index in [-0.39, 0.29) is 18.4 Å². The van der Waals surface area contributed by atoms with E-state index in [1.165, 1.54) is 11.8 Å². The Morgan fingerprint density at radius 3 is 2.66 bits per heavy atom. The topological polar surface area (TPSA) is 54.7 Å². The van der Waals surface area contributed by atoms with E-state index in [1.54, 1.807) is 4.90 Å². The molecule has 1 fully saturated rings. The van der Waals surface area contributed by atoms with Gasteiger partial charge in [0.15, 0.2) is 0 Å². The Morgan fingerprint density at radius 2 is 2.03 bits per heavy atom. The molecule has 3 heterocycles. The second-order valence-electron chi connectivity index (χ2n) is 8.10. The quantitative estimate of drug-likeness (QED) is 0.502. The van der Waals surface area contributed by atoms with E-state index in [1.807, 2.05) is 20.8 Å². The van der Waals surface area contributed by atoms with Crippen molar-refractivity contribution >= 4 is 5.91 Å². The Morgan fingerprint density at radius 1 is 1.34 bits per heavy atom. The average molecular weight is 461 g/mol. The lowest BCUT2D eigenvalue weighted by atomic mass is 9.99. The van der Waals surface area contributed by atoms with E-state index in [0.717, 1.165) is 57.7 Å². The summed E-state index contributed by atoms with van der Waals surface area (Å²) in [6.45, 7) is 8.99. The van der Waals surface area contributed by atoms with Crippen molar-refractivity contribution in [3.05, 3.63) is 29.1 Å². The maximum Gasteiger partial charge on any atom is 0.422 e. The molecule has 1 amide bonds. The standard InChI is InChI=1S/C21H31F3N3O3.C2H6/c1-15(4-3-8-25-18-6-10-30-11-7-18)20(28)26-9-5-19-16(13-26)12-17(21(22,23)24)14-27(19)29-2;1-2/h12,14-15,18,25H,3-11,13H2,1-2H3;1-2H3/q+1;/t15-;/m1./s1. The molecule has 182 valence electrons. The molecular weight excluding hydrogens is 423 g/mol. The van der Waals surface area contributed by atoms with Gasteiger partial charge in [0.1, 0.15) is 12.7 Å². The lowest BCUT2D eigenvalue weighted by Gasteiger charge is -2.29. The third-order valence-corrected chi connectivity index (χ3v) is 5.93. The van der Waals surface area contributed by atoms with Crippen LogP contribution in [0.3, 0.4) is 0 Å². The fourth-order valence-corrected chi connectivity index (χ4v) is 4.14. The van der Waals surface area contributed by atoms with Gasteiger partial charge < -0.3 is 15.0 Å². The van der Waals surface area contributed by atoms with Crippen molar-refractivity contribution in [2.45, 2.75) is 71.6 Å². The molecule has 0 saturated carbocycles. The molecule has 1 saturated heterocycles. The monoisotopic (exact) mass is 460 g/mol. The number of ether oxygens (including phenoxy) is 1. The number of nitrogens with one attached hydrogen (secondary N) is 1. The smallest absolute Gasteiger partial charge is 0.381 e. The van der Waals surface area contributed by atoms with Gasteiger partial charge in [-0.25, -0.2) is 0 Å². The van der Waals surface area contributed by atoms with Gasteiger partial charge in [0.25, 0.3) is 0 Å². The van der Waals surface area contributed by atoms with Crippen molar-refractivity contribution < 1.29 is 32.3 Å². The summed E-state index contributed by atoms with van der Waals surface area (Å²) in [5.74, 6) is -0.170. The van der Waals surface area contributed by atoms with Crippen LogP contribution in [-0.4, -0.2) is 50.3 Å². The highest BCUT2D eigenvalue weighted by Gasteiger charge is 2.38. The highest BCUT2D eigenvalue weighted by molar-refractivity contribution is 5.78. The van der Waals surface area contributed by atoms with Gasteiger partial charge >= 0.3 is 6.18 Å². The predicted octanol–water partition coefficient (Wildman–Crippen LogP) is 3.15. The Bertz CT molecular complexity index is 737. The molecule has 9 heteroatoms. The fraction of sp³-hybridized carbons (Fsp3) is 0.739. The first-order valence-corrected chi connectivity index (χ1v) is 11.6. The van der Waals surface area contributed by atoms with Gasteiger partial charge in [-0.05, 0) is 38.3 Å². The number of aromatic nitrogens is 1. The fourth-order valence-electron chi connectivity index (χ4n) is 4.14. The lowest BCUT2D eigenvalue weighted by molar-refractivity contribution is -0.891. The largest absolute Gasteiger partial charge is 0.422 e. The third kappa shape index (κ3) is 7.07. The Balaban J connectivity index is 0.00000176. The van der Waals surface area contributed by atoms with Crippen molar-refractivity contribution in [3.63, 3.8) is 0 Å². The summed E-state index contributed by atoms with van der Waals surface area (Å²) in [5, 5.41) is 3.51. The Hall–Kier alpha value is -1.87. The molecule has 0 bridgehead atoms. The van der Waals surface area contributed by atoms with Crippen molar-refractivity contribution in [1.82, 2.24) is 10.2 Å². The van der Waals surface area contributed by atoms with Crippen LogP contribution in [0.15, 0.2) is 12.3 Å². The van der Waals surface area contributed by atoms with Crippen molar-refractivity contribution in [2.24, 2.45) is 5.92 Å². The van der Waals surface area contributed by atoms with Crippen LogP contribution in [0, 0.1) is 5.92 Å². The minimum absolute atomic E-state index is 0.00639. The van der Waals surface area contributed by atoms with Crippen LogP contribution in [0.25, 0.3) is 0 Å². The maximum atomic E-state index is 13.2. The Labute approximate surface area is 189 Å². The summed E-state index contributed by atoms with van der Waals surface area (Å²) >= 11 is 0. The van der Waals surface area contributed by atoms with Crippen LogP contribution in [0.5, 0.6) is 0 Å². The van der Waals surface area contributed by atoms with E-state index in [2.05, 4.69) is 5.32 Å². The van der Waals surface area contributed by atoms with Gasteiger partial charge in [-0.3, -0.25) is 9.63 Å². The van der Waals surface area contributed by atoms with Crippen molar-refractivity contribution in [1.29, 1.82) is 0 Å². The first kappa shape index (κ1) is 26.4. The van der Waals surface area contributed by atoms with Crippen molar-refractivity contribution in [3.8, 4) is 0 Å². The van der Waals surface area contributed by atoms with E-state index in [4.69, 9.17) is 9.57 Å². The number of carbonyl (C=O) groups excluding carboxylic acids is 1. The summed E-state index contributed by atoms with van der Waals surface area (Å²) in [4.78, 5) is 19.6. The molecule has 3 rings (SSSR count). The van der Waals surface area contributed by atoms with Gasteiger partial charge in [-0.1, -0.05) is 20.8 Å². The van der Waals surface area contributed by atoms with E-state index in [0.29, 0.717) is 30.3 Å². The number of hydrogen-bond donors (Lipinski definition) is 1. The maximum absolute atomic E-state index is 13.2. The highest BCUT2D eigenvalue weighted by atomic mass is 19.4. The average Bonchev–Trinajstić information content (AvgIpc) is 2.81. The molecule has 0 aliphatic carbocycles. The molecule has 1 N–H and O–H groups in total. The molecule has 1 aromatic heterocycles. The van der Waals surface area contributed by atoms with Crippen LogP contribution in [0.1, 0.15) is 63.3 Å². The Kier molecular flexibility index (Phi) is 10.2. The van der Waals surface area contributed by atoms with E-state index >= 15 is 0 Å².